The maximum Gasteiger partial charge on any atom is 0.243 e. The van der Waals surface area contributed by atoms with Crippen molar-refractivity contribution >= 4 is 27.3 Å². The molecule has 0 atom stereocenters. The van der Waals surface area contributed by atoms with Crippen molar-refractivity contribution in [3.63, 3.8) is 0 Å². The molecular weight excluding hydrogens is 418 g/mol. The third kappa shape index (κ3) is 5.80. The molecule has 7 nitrogen and oxygen atoms in total. The Morgan fingerprint density at radius 3 is 2.73 bits per heavy atom. The van der Waals surface area contributed by atoms with Crippen molar-refractivity contribution in [2.24, 2.45) is 4.99 Å². The SMILES string of the molecule is CCNC(=NCc1cccc(S(=O)(=O)N2CCCCC2)c1)N(C)Cc1csc(C)n1. The third-order valence-corrected chi connectivity index (χ3v) is 7.74. The smallest absolute Gasteiger partial charge is 0.243 e. The summed E-state index contributed by atoms with van der Waals surface area (Å²) in [6.07, 6.45) is 2.96. The second kappa shape index (κ2) is 10.4. The topological polar surface area (TPSA) is 77.9 Å². The van der Waals surface area contributed by atoms with Crippen LogP contribution in [-0.2, 0) is 23.1 Å². The summed E-state index contributed by atoms with van der Waals surface area (Å²) >= 11 is 1.64. The Balaban J connectivity index is 1.73. The van der Waals surface area contributed by atoms with E-state index in [-0.39, 0.29) is 0 Å². The van der Waals surface area contributed by atoms with Crippen LogP contribution in [0.1, 0.15) is 42.5 Å². The normalized spacial score (nSPS) is 15.9. The number of benzene rings is 1. The molecule has 3 rings (SSSR count). The predicted octanol–water partition coefficient (Wildman–Crippen LogP) is 3.22. The number of rotatable bonds is 7. The lowest BCUT2D eigenvalue weighted by Crippen LogP contribution is -2.38. The van der Waals surface area contributed by atoms with Gasteiger partial charge in [-0.2, -0.15) is 4.31 Å². The molecule has 9 heteroatoms. The van der Waals surface area contributed by atoms with Gasteiger partial charge in [0.1, 0.15) is 0 Å². The van der Waals surface area contributed by atoms with Crippen LogP contribution in [-0.4, -0.2) is 55.2 Å². The average Bonchev–Trinajstić information content (AvgIpc) is 3.16. The van der Waals surface area contributed by atoms with Gasteiger partial charge in [-0.3, -0.25) is 0 Å². The minimum absolute atomic E-state index is 0.355. The van der Waals surface area contributed by atoms with Gasteiger partial charge in [-0.15, -0.1) is 11.3 Å². The molecule has 0 spiro atoms. The molecule has 1 saturated heterocycles. The number of aromatic nitrogens is 1. The van der Waals surface area contributed by atoms with E-state index < -0.39 is 10.0 Å². The molecule has 1 aliphatic heterocycles. The zero-order chi connectivity index (χ0) is 21.6. The van der Waals surface area contributed by atoms with Gasteiger partial charge in [0.15, 0.2) is 5.96 Å². The van der Waals surface area contributed by atoms with Crippen LogP contribution in [0.25, 0.3) is 0 Å². The largest absolute Gasteiger partial charge is 0.357 e. The van der Waals surface area contributed by atoms with Gasteiger partial charge in [0.05, 0.1) is 28.7 Å². The minimum Gasteiger partial charge on any atom is -0.357 e. The van der Waals surface area contributed by atoms with Crippen molar-refractivity contribution in [2.45, 2.75) is 51.1 Å². The van der Waals surface area contributed by atoms with E-state index in [1.54, 1.807) is 33.8 Å². The van der Waals surface area contributed by atoms with Gasteiger partial charge in [-0.05, 0) is 44.4 Å². The number of thiazole rings is 1. The molecule has 0 bridgehead atoms. The van der Waals surface area contributed by atoms with E-state index in [0.29, 0.717) is 31.1 Å². The van der Waals surface area contributed by atoms with Crippen molar-refractivity contribution in [2.75, 3.05) is 26.7 Å². The minimum atomic E-state index is -3.44. The fourth-order valence-electron chi connectivity index (χ4n) is 3.49. The molecule has 0 unspecified atom stereocenters. The van der Waals surface area contributed by atoms with E-state index in [9.17, 15) is 8.42 Å². The summed E-state index contributed by atoms with van der Waals surface area (Å²) < 4.78 is 27.5. The molecule has 1 aromatic carbocycles. The number of hydrogen-bond donors (Lipinski definition) is 1. The van der Waals surface area contributed by atoms with Crippen molar-refractivity contribution in [1.82, 2.24) is 19.5 Å². The number of aryl methyl sites for hydroxylation is 1. The van der Waals surface area contributed by atoms with Crippen LogP contribution in [0.2, 0.25) is 0 Å². The van der Waals surface area contributed by atoms with E-state index in [1.807, 2.05) is 31.9 Å². The van der Waals surface area contributed by atoms with Crippen molar-refractivity contribution < 1.29 is 8.42 Å². The maximum atomic E-state index is 13.0. The average molecular weight is 450 g/mol. The molecule has 0 radical (unpaired) electrons. The number of sulfonamides is 1. The number of piperidine rings is 1. The summed E-state index contributed by atoms with van der Waals surface area (Å²) in [5, 5.41) is 6.41. The van der Waals surface area contributed by atoms with Crippen LogP contribution >= 0.6 is 11.3 Å². The quantitative estimate of drug-likeness (QED) is 0.519. The van der Waals surface area contributed by atoms with Gasteiger partial charge in [0.25, 0.3) is 0 Å². The highest BCUT2D eigenvalue weighted by molar-refractivity contribution is 7.89. The zero-order valence-electron chi connectivity index (χ0n) is 18.0. The molecule has 2 aromatic rings. The van der Waals surface area contributed by atoms with Crippen molar-refractivity contribution in [1.29, 1.82) is 0 Å². The Bertz CT molecular complexity index is 965. The molecule has 1 aliphatic rings. The molecular formula is C21H31N5O2S2. The third-order valence-electron chi connectivity index (χ3n) is 5.02. The highest BCUT2D eigenvalue weighted by Crippen LogP contribution is 2.21. The van der Waals surface area contributed by atoms with Crippen LogP contribution in [0.15, 0.2) is 39.5 Å². The highest BCUT2D eigenvalue weighted by Gasteiger charge is 2.25. The molecule has 0 saturated carbocycles. The molecule has 30 heavy (non-hydrogen) atoms. The molecule has 1 aromatic heterocycles. The highest BCUT2D eigenvalue weighted by atomic mass is 32.2. The van der Waals surface area contributed by atoms with Crippen LogP contribution in [0.4, 0.5) is 0 Å². The van der Waals surface area contributed by atoms with Gasteiger partial charge in [-0.1, -0.05) is 18.6 Å². The van der Waals surface area contributed by atoms with Gasteiger partial charge >= 0.3 is 0 Å². The van der Waals surface area contributed by atoms with Crippen LogP contribution in [0.3, 0.4) is 0 Å². The summed E-state index contributed by atoms with van der Waals surface area (Å²) in [6.45, 7) is 7.07. The fourth-order valence-corrected chi connectivity index (χ4v) is 5.68. The predicted molar refractivity (Wildman–Crippen MR) is 122 cm³/mol. The Kier molecular flexibility index (Phi) is 7.85. The summed E-state index contributed by atoms with van der Waals surface area (Å²) in [5.74, 6) is 0.771. The fraction of sp³-hybridized carbons (Fsp3) is 0.524. The van der Waals surface area contributed by atoms with E-state index in [0.717, 1.165) is 48.0 Å². The second-order valence-electron chi connectivity index (χ2n) is 7.50. The number of nitrogens with one attached hydrogen (secondary N) is 1. The van der Waals surface area contributed by atoms with Crippen LogP contribution in [0.5, 0.6) is 0 Å². The second-order valence-corrected chi connectivity index (χ2v) is 10.5. The summed E-state index contributed by atoms with van der Waals surface area (Å²) in [7, 11) is -1.46. The maximum absolute atomic E-state index is 13.0. The Morgan fingerprint density at radius 1 is 1.30 bits per heavy atom. The lowest BCUT2D eigenvalue weighted by molar-refractivity contribution is 0.346. The Hall–Kier alpha value is -1.97. The first-order valence-electron chi connectivity index (χ1n) is 10.4. The number of hydrogen-bond acceptors (Lipinski definition) is 5. The van der Waals surface area contributed by atoms with Crippen LogP contribution in [0, 0.1) is 6.92 Å². The standard InChI is InChI=1S/C21H31N5O2S2/c1-4-22-21(25(3)15-19-16-29-17(2)24-19)23-14-18-9-8-10-20(13-18)30(27,28)26-11-6-5-7-12-26/h8-10,13,16H,4-7,11-12,14-15H2,1-3H3,(H,22,23). The van der Waals surface area contributed by atoms with E-state index >= 15 is 0 Å². The summed E-state index contributed by atoms with van der Waals surface area (Å²) in [4.78, 5) is 11.6. The first-order valence-corrected chi connectivity index (χ1v) is 12.7. The summed E-state index contributed by atoms with van der Waals surface area (Å²) in [6, 6.07) is 7.16. The number of guanidine groups is 1. The van der Waals surface area contributed by atoms with Crippen molar-refractivity contribution in [3.8, 4) is 0 Å². The summed E-state index contributed by atoms with van der Waals surface area (Å²) in [5.41, 5.74) is 1.89. The molecule has 0 amide bonds. The van der Waals surface area contributed by atoms with Gasteiger partial charge in [-0.25, -0.2) is 18.4 Å². The number of nitrogens with zero attached hydrogens (tertiary/aromatic N) is 4. The van der Waals surface area contributed by atoms with Gasteiger partial charge in [0.2, 0.25) is 10.0 Å². The van der Waals surface area contributed by atoms with E-state index in [1.165, 1.54) is 0 Å². The Labute approximate surface area is 183 Å². The molecule has 0 aliphatic carbocycles. The lowest BCUT2D eigenvalue weighted by Gasteiger charge is -2.26. The van der Waals surface area contributed by atoms with Crippen LogP contribution < -0.4 is 5.32 Å². The van der Waals surface area contributed by atoms with Gasteiger partial charge in [0, 0.05) is 32.1 Å². The first-order chi connectivity index (χ1) is 14.4. The number of aliphatic imine (C=N–C) groups is 1. The Morgan fingerprint density at radius 2 is 2.07 bits per heavy atom. The van der Waals surface area contributed by atoms with Gasteiger partial charge < -0.3 is 10.2 Å². The first kappa shape index (κ1) is 22.7. The molecule has 1 fully saturated rings. The monoisotopic (exact) mass is 449 g/mol. The van der Waals surface area contributed by atoms with Crippen molar-refractivity contribution in [3.05, 3.63) is 45.9 Å². The lowest BCUT2D eigenvalue weighted by atomic mass is 10.2. The zero-order valence-corrected chi connectivity index (χ0v) is 19.6. The molecule has 1 N–H and O–H groups in total. The molecule has 2 heterocycles. The van der Waals surface area contributed by atoms with E-state index in [4.69, 9.17) is 4.99 Å². The van der Waals surface area contributed by atoms with E-state index in [2.05, 4.69) is 15.7 Å². The molecule has 164 valence electrons.